The Morgan fingerprint density at radius 2 is 2.05 bits per heavy atom. The predicted molar refractivity (Wildman–Crippen MR) is 92.0 cm³/mol. The van der Waals surface area contributed by atoms with E-state index in [2.05, 4.69) is 41.3 Å². The van der Waals surface area contributed by atoms with E-state index >= 15 is 0 Å². The SMILES string of the molecule is CCOc1ccc2nc(N3CCc4ccccc4C3)sc2c1. The molecule has 0 amide bonds. The Hall–Kier alpha value is -2.07. The number of anilines is 1. The van der Waals surface area contributed by atoms with Crippen LogP contribution in [0.5, 0.6) is 5.75 Å². The lowest BCUT2D eigenvalue weighted by Gasteiger charge is -2.28. The highest BCUT2D eigenvalue weighted by Crippen LogP contribution is 2.33. The summed E-state index contributed by atoms with van der Waals surface area (Å²) in [6, 6.07) is 14.9. The van der Waals surface area contributed by atoms with E-state index in [0.717, 1.165) is 35.9 Å². The Morgan fingerprint density at radius 1 is 1.18 bits per heavy atom. The quantitative estimate of drug-likeness (QED) is 0.723. The molecule has 3 aromatic rings. The molecule has 22 heavy (non-hydrogen) atoms. The standard InChI is InChI=1S/C18H18N2OS/c1-2-21-15-7-8-16-17(11-15)22-18(19-16)20-10-9-13-5-3-4-6-14(13)12-20/h3-8,11H,2,9-10,12H2,1H3. The summed E-state index contributed by atoms with van der Waals surface area (Å²) < 4.78 is 6.77. The molecule has 3 nitrogen and oxygen atoms in total. The van der Waals surface area contributed by atoms with Crippen molar-refractivity contribution in [2.45, 2.75) is 19.9 Å². The highest BCUT2D eigenvalue weighted by Gasteiger charge is 2.19. The molecule has 4 rings (SSSR count). The molecule has 0 radical (unpaired) electrons. The van der Waals surface area contributed by atoms with Gasteiger partial charge in [-0.3, -0.25) is 0 Å². The number of hydrogen-bond donors (Lipinski definition) is 0. The minimum Gasteiger partial charge on any atom is -0.494 e. The molecule has 0 fully saturated rings. The van der Waals surface area contributed by atoms with Gasteiger partial charge in [0, 0.05) is 13.1 Å². The van der Waals surface area contributed by atoms with Crippen LogP contribution >= 0.6 is 11.3 Å². The Labute approximate surface area is 134 Å². The smallest absolute Gasteiger partial charge is 0.186 e. The van der Waals surface area contributed by atoms with Crippen LogP contribution in [0.2, 0.25) is 0 Å². The lowest BCUT2D eigenvalue weighted by Crippen LogP contribution is -2.30. The highest BCUT2D eigenvalue weighted by molar-refractivity contribution is 7.22. The number of thiazole rings is 1. The maximum absolute atomic E-state index is 5.58. The Kier molecular flexibility index (Phi) is 3.47. The Balaban J connectivity index is 1.64. The molecule has 2 heterocycles. The summed E-state index contributed by atoms with van der Waals surface area (Å²) in [5, 5.41) is 1.11. The highest BCUT2D eigenvalue weighted by atomic mass is 32.1. The molecule has 0 spiro atoms. The van der Waals surface area contributed by atoms with E-state index in [-0.39, 0.29) is 0 Å². The number of aromatic nitrogens is 1. The van der Waals surface area contributed by atoms with Crippen LogP contribution in [0.3, 0.4) is 0 Å². The van der Waals surface area contributed by atoms with Gasteiger partial charge in [0.25, 0.3) is 0 Å². The summed E-state index contributed by atoms with van der Waals surface area (Å²) in [6.45, 7) is 4.69. The van der Waals surface area contributed by atoms with Crippen LogP contribution in [0.25, 0.3) is 10.2 Å². The average molecular weight is 310 g/mol. The third-order valence-corrected chi connectivity index (χ3v) is 5.14. The van der Waals surface area contributed by atoms with E-state index < -0.39 is 0 Å². The molecule has 0 atom stereocenters. The second-order valence-corrected chi connectivity index (χ2v) is 6.51. The van der Waals surface area contributed by atoms with E-state index in [1.54, 1.807) is 11.3 Å². The molecule has 112 valence electrons. The maximum atomic E-state index is 5.58. The van der Waals surface area contributed by atoms with Gasteiger partial charge in [0.1, 0.15) is 5.75 Å². The first-order chi connectivity index (χ1) is 10.8. The van der Waals surface area contributed by atoms with Crippen molar-refractivity contribution in [3.63, 3.8) is 0 Å². The first-order valence-electron chi connectivity index (χ1n) is 7.68. The number of ether oxygens (including phenoxy) is 1. The molecule has 2 aromatic carbocycles. The molecule has 0 saturated carbocycles. The summed E-state index contributed by atoms with van der Waals surface area (Å²) in [6.07, 6.45) is 1.09. The van der Waals surface area contributed by atoms with Crippen molar-refractivity contribution in [3.8, 4) is 5.75 Å². The molecule has 0 bridgehead atoms. The second-order valence-electron chi connectivity index (χ2n) is 5.50. The van der Waals surface area contributed by atoms with Gasteiger partial charge in [-0.2, -0.15) is 0 Å². The van der Waals surface area contributed by atoms with Crippen LogP contribution in [0.1, 0.15) is 18.1 Å². The predicted octanol–water partition coefficient (Wildman–Crippen LogP) is 4.26. The third-order valence-electron chi connectivity index (χ3n) is 4.06. The van der Waals surface area contributed by atoms with E-state index in [1.807, 2.05) is 13.0 Å². The summed E-state index contributed by atoms with van der Waals surface area (Å²) in [4.78, 5) is 7.18. The van der Waals surface area contributed by atoms with E-state index in [4.69, 9.17) is 9.72 Å². The van der Waals surface area contributed by atoms with Gasteiger partial charge in [0.2, 0.25) is 0 Å². The van der Waals surface area contributed by atoms with Gasteiger partial charge in [-0.05, 0) is 42.7 Å². The number of fused-ring (bicyclic) bond motifs is 2. The molecule has 0 saturated heterocycles. The molecular weight excluding hydrogens is 292 g/mol. The van der Waals surface area contributed by atoms with Gasteiger partial charge in [-0.1, -0.05) is 35.6 Å². The summed E-state index contributed by atoms with van der Waals surface area (Å²) in [5.74, 6) is 0.925. The van der Waals surface area contributed by atoms with Crippen LogP contribution in [0.4, 0.5) is 5.13 Å². The van der Waals surface area contributed by atoms with Crippen molar-refractivity contribution in [1.29, 1.82) is 0 Å². The topological polar surface area (TPSA) is 25.4 Å². The molecule has 0 N–H and O–H groups in total. The molecule has 0 unspecified atom stereocenters. The summed E-state index contributed by atoms with van der Waals surface area (Å²) in [5.41, 5.74) is 3.95. The summed E-state index contributed by atoms with van der Waals surface area (Å²) >= 11 is 1.75. The zero-order valence-corrected chi connectivity index (χ0v) is 13.4. The van der Waals surface area contributed by atoms with Crippen molar-refractivity contribution in [2.24, 2.45) is 0 Å². The van der Waals surface area contributed by atoms with Gasteiger partial charge >= 0.3 is 0 Å². The number of rotatable bonds is 3. The largest absolute Gasteiger partial charge is 0.494 e. The van der Waals surface area contributed by atoms with Gasteiger partial charge in [0.15, 0.2) is 5.13 Å². The molecule has 1 aliphatic rings. The van der Waals surface area contributed by atoms with Crippen molar-refractivity contribution in [3.05, 3.63) is 53.6 Å². The van der Waals surface area contributed by atoms with Crippen molar-refractivity contribution >= 4 is 26.7 Å². The van der Waals surface area contributed by atoms with Crippen LogP contribution in [0, 0.1) is 0 Å². The number of nitrogens with zero attached hydrogens (tertiary/aromatic N) is 2. The average Bonchev–Trinajstić information content (AvgIpc) is 2.98. The second kappa shape index (κ2) is 5.61. The molecule has 4 heteroatoms. The third kappa shape index (κ3) is 2.44. The lowest BCUT2D eigenvalue weighted by atomic mass is 10.0. The van der Waals surface area contributed by atoms with E-state index in [9.17, 15) is 0 Å². The number of benzene rings is 2. The molecule has 1 aliphatic heterocycles. The maximum Gasteiger partial charge on any atom is 0.186 e. The van der Waals surface area contributed by atoms with Crippen LogP contribution in [0.15, 0.2) is 42.5 Å². The number of hydrogen-bond acceptors (Lipinski definition) is 4. The van der Waals surface area contributed by atoms with Crippen LogP contribution < -0.4 is 9.64 Å². The normalized spacial score (nSPS) is 14.1. The zero-order valence-electron chi connectivity index (χ0n) is 12.6. The van der Waals surface area contributed by atoms with Crippen molar-refractivity contribution < 1.29 is 4.74 Å². The van der Waals surface area contributed by atoms with Gasteiger partial charge < -0.3 is 9.64 Å². The minimum absolute atomic E-state index is 0.695. The van der Waals surface area contributed by atoms with E-state index in [0.29, 0.717) is 6.61 Å². The van der Waals surface area contributed by atoms with Crippen molar-refractivity contribution in [2.75, 3.05) is 18.1 Å². The fraction of sp³-hybridized carbons (Fsp3) is 0.278. The van der Waals surface area contributed by atoms with Gasteiger partial charge in [-0.25, -0.2) is 4.98 Å². The first-order valence-corrected chi connectivity index (χ1v) is 8.50. The molecular formula is C18H18N2OS. The lowest BCUT2D eigenvalue weighted by molar-refractivity contribution is 0.341. The van der Waals surface area contributed by atoms with Gasteiger partial charge in [0.05, 0.1) is 16.8 Å². The molecule has 0 aliphatic carbocycles. The molecule has 1 aromatic heterocycles. The monoisotopic (exact) mass is 310 g/mol. The summed E-state index contributed by atoms with van der Waals surface area (Å²) in [7, 11) is 0. The Morgan fingerprint density at radius 3 is 2.91 bits per heavy atom. The zero-order chi connectivity index (χ0) is 14.9. The fourth-order valence-electron chi connectivity index (χ4n) is 2.94. The first kappa shape index (κ1) is 13.6. The van der Waals surface area contributed by atoms with Crippen LogP contribution in [-0.4, -0.2) is 18.1 Å². The van der Waals surface area contributed by atoms with Gasteiger partial charge in [-0.15, -0.1) is 0 Å². The van der Waals surface area contributed by atoms with Crippen LogP contribution in [-0.2, 0) is 13.0 Å². The fourth-order valence-corrected chi connectivity index (χ4v) is 3.96. The Bertz CT molecular complexity index is 812. The van der Waals surface area contributed by atoms with E-state index in [1.165, 1.54) is 15.8 Å². The minimum atomic E-state index is 0.695. The van der Waals surface area contributed by atoms with Crippen molar-refractivity contribution in [1.82, 2.24) is 4.98 Å².